The number of anilines is 1. The molecule has 1 fully saturated rings. The lowest BCUT2D eigenvalue weighted by molar-refractivity contribution is 0.0624. The van der Waals surface area contributed by atoms with E-state index in [0.29, 0.717) is 5.54 Å². The molecule has 0 atom stereocenters. The van der Waals surface area contributed by atoms with E-state index in [2.05, 4.69) is 30.4 Å². The van der Waals surface area contributed by atoms with Crippen LogP contribution in [-0.4, -0.2) is 18.8 Å². The number of fused-ring (bicyclic) bond motifs is 1. The molecule has 2 nitrogen and oxygen atoms in total. The normalized spacial score (nSPS) is 22.5. The molecule has 1 N–H and O–H groups in total. The first kappa shape index (κ1) is 9.22. The third-order valence-corrected chi connectivity index (χ3v) is 3.64. The Kier molecular flexibility index (Phi) is 1.99. The van der Waals surface area contributed by atoms with Gasteiger partial charge in [-0.1, -0.05) is 17.7 Å². The molecular formula is C13H17NO. The lowest BCUT2D eigenvalue weighted by atomic mass is 9.87. The first-order valence-electron chi connectivity index (χ1n) is 5.73. The maximum Gasteiger partial charge on any atom is 0.0488 e. The molecule has 2 aliphatic rings. The van der Waals surface area contributed by atoms with E-state index in [1.165, 1.54) is 23.2 Å². The summed E-state index contributed by atoms with van der Waals surface area (Å²) in [6.45, 7) is 3.97. The van der Waals surface area contributed by atoms with Crippen LogP contribution in [0.15, 0.2) is 18.2 Å². The fourth-order valence-corrected chi connectivity index (χ4v) is 2.75. The molecule has 0 aromatic heterocycles. The van der Waals surface area contributed by atoms with Crippen LogP contribution in [0.4, 0.5) is 5.69 Å². The molecule has 0 saturated carbocycles. The lowest BCUT2D eigenvalue weighted by Crippen LogP contribution is -2.41. The topological polar surface area (TPSA) is 21.3 Å². The number of ether oxygens (including phenoxy) is 1. The maximum atomic E-state index is 5.44. The zero-order valence-electron chi connectivity index (χ0n) is 9.18. The molecule has 2 aliphatic heterocycles. The summed E-state index contributed by atoms with van der Waals surface area (Å²) >= 11 is 0. The highest BCUT2D eigenvalue weighted by Crippen LogP contribution is 2.38. The number of nitrogens with one attached hydrogen (secondary N) is 1. The Morgan fingerprint density at radius 2 is 2.07 bits per heavy atom. The molecule has 0 amide bonds. The van der Waals surface area contributed by atoms with Crippen molar-refractivity contribution in [3.8, 4) is 0 Å². The van der Waals surface area contributed by atoms with Gasteiger partial charge in [0.25, 0.3) is 0 Å². The van der Waals surface area contributed by atoms with Gasteiger partial charge in [0.05, 0.1) is 0 Å². The number of benzene rings is 1. The van der Waals surface area contributed by atoms with Crippen LogP contribution in [-0.2, 0) is 11.2 Å². The van der Waals surface area contributed by atoms with Crippen LogP contribution < -0.4 is 5.32 Å². The van der Waals surface area contributed by atoms with Crippen LogP contribution in [0.1, 0.15) is 24.0 Å². The number of hydrogen-bond acceptors (Lipinski definition) is 2. The van der Waals surface area contributed by atoms with Crippen molar-refractivity contribution in [1.29, 1.82) is 0 Å². The summed E-state index contributed by atoms with van der Waals surface area (Å²) in [7, 11) is 0. The van der Waals surface area contributed by atoms with Crippen molar-refractivity contribution >= 4 is 5.69 Å². The fourth-order valence-electron chi connectivity index (χ4n) is 2.75. The molecule has 0 bridgehead atoms. The van der Waals surface area contributed by atoms with Gasteiger partial charge in [-0.3, -0.25) is 0 Å². The van der Waals surface area contributed by atoms with E-state index < -0.39 is 0 Å². The quantitative estimate of drug-likeness (QED) is 0.699. The highest BCUT2D eigenvalue weighted by Gasteiger charge is 2.37. The molecule has 80 valence electrons. The predicted molar refractivity (Wildman–Crippen MR) is 61.3 cm³/mol. The third kappa shape index (κ3) is 1.53. The van der Waals surface area contributed by atoms with Gasteiger partial charge in [-0.25, -0.2) is 0 Å². The van der Waals surface area contributed by atoms with Crippen LogP contribution in [0.3, 0.4) is 0 Å². The summed E-state index contributed by atoms with van der Waals surface area (Å²) in [6.07, 6.45) is 3.45. The van der Waals surface area contributed by atoms with Crippen LogP contribution in [0, 0.1) is 6.92 Å². The number of aryl methyl sites for hydroxylation is 1. The second-order valence-electron chi connectivity index (χ2n) is 4.86. The zero-order valence-corrected chi connectivity index (χ0v) is 9.18. The SMILES string of the molecule is Cc1ccc2c(c1)CC1(CCOCC1)N2. The van der Waals surface area contributed by atoms with Gasteiger partial charge in [-0.05, 0) is 37.8 Å². The van der Waals surface area contributed by atoms with Crippen LogP contribution in [0.25, 0.3) is 0 Å². The van der Waals surface area contributed by atoms with Crippen LogP contribution >= 0.6 is 0 Å². The molecule has 0 unspecified atom stereocenters. The van der Waals surface area contributed by atoms with Crippen LogP contribution in [0.5, 0.6) is 0 Å². The van der Waals surface area contributed by atoms with Gasteiger partial charge in [-0.15, -0.1) is 0 Å². The van der Waals surface area contributed by atoms with Gasteiger partial charge in [0, 0.05) is 24.4 Å². The minimum atomic E-state index is 0.300. The fraction of sp³-hybridized carbons (Fsp3) is 0.538. The van der Waals surface area contributed by atoms with E-state index in [4.69, 9.17) is 4.74 Å². The molecule has 2 heterocycles. The molecule has 1 aromatic carbocycles. The molecule has 1 saturated heterocycles. The summed E-state index contributed by atoms with van der Waals surface area (Å²) in [5.41, 5.74) is 4.48. The summed E-state index contributed by atoms with van der Waals surface area (Å²) < 4.78 is 5.44. The Bertz CT molecular complexity index is 380. The molecule has 0 radical (unpaired) electrons. The molecular weight excluding hydrogens is 186 g/mol. The van der Waals surface area contributed by atoms with Crippen molar-refractivity contribution in [2.75, 3.05) is 18.5 Å². The van der Waals surface area contributed by atoms with E-state index in [1.807, 2.05) is 0 Å². The van der Waals surface area contributed by atoms with E-state index >= 15 is 0 Å². The summed E-state index contributed by atoms with van der Waals surface area (Å²) in [5.74, 6) is 0. The summed E-state index contributed by atoms with van der Waals surface area (Å²) in [6, 6.07) is 6.71. The molecule has 2 heteroatoms. The van der Waals surface area contributed by atoms with Crippen molar-refractivity contribution in [2.45, 2.75) is 31.7 Å². The van der Waals surface area contributed by atoms with E-state index in [1.54, 1.807) is 0 Å². The zero-order chi connectivity index (χ0) is 10.3. The van der Waals surface area contributed by atoms with Crippen molar-refractivity contribution < 1.29 is 4.74 Å². The first-order valence-corrected chi connectivity index (χ1v) is 5.73. The molecule has 15 heavy (non-hydrogen) atoms. The van der Waals surface area contributed by atoms with Gasteiger partial charge >= 0.3 is 0 Å². The van der Waals surface area contributed by atoms with Gasteiger partial charge < -0.3 is 10.1 Å². The highest BCUT2D eigenvalue weighted by atomic mass is 16.5. The maximum absolute atomic E-state index is 5.44. The van der Waals surface area contributed by atoms with Gasteiger partial charge in [0.15, 0.2) is 0 Å². The Hall–Kier alpha value is -1.02. The highest BCUT2D eigenvalue weighted by molar-refractivity contribution is 5.60. The Morgan fingerprint density at radius 3 is 2.87 bits per heavy atom. The Balaban J connectivity index is 1.90. The standard InChI is InChI=1S/C13H17NO/c1-10-2-3-12-11(8-10)9-13(14-12)4-6-15-7-5-13/h2-3,8,14H,4-7,9H2,1H3. The largest absolute Gasteiger partial charge is 0.381 e. The summed E-state index contributed by atoms with van der Waals surface area (Å²) in [5, 5.41) is 3.70. The van der Waals surface area contributed by atoms with Gasteiger partial charge in [0.2, 0.25) is 0 Å². The lowest BCUT2D eigenvalue weighted by Gasteiger charge is -2.34. The third-order valence-electron chi connectivity index (χ3n) is 3.64. The van der Waals surface area contributed by atoms with Gasteiger partial charge in [0.1, 0.15) is 0 Å². The Morgan fingerprint density at radius 1 is 1.27 bits per heavy atom. The van der Waals surface area contributed by atoms with Crippen molar-refractivity contribution in [3.05, 3.63) is 29.3 Å². The molecule has 3 rings (SSSR count). The molecule has 0 aliphatic carbocycles. The van der Waals surface area contributed by atoms with Crippen molar-refractivity contribution in [2.24, 2.45) is 0 Å². The second kappa shape index (κ2) is 3.24. The average Bonchev–Trinajstić information content (AvgIpc) is 2.56. The smallest absolute Gasteiger partial charge is 0.0488 e. The van der Waals surface area contributed by atoms with Crippen LogP contribution in [0.2, 0.25) is 0 Å². The molecule has 1 aromatic rings. The van der Waals surface area contributed by atoms with Gasteiger partial charge in [-0.2, -0.15) is 0 Å². The first-order chi connectivity index (χ1) is 7.27. The van der Waals surface area contributed by atoms with E-state index in [0.717, 1.165) is 26.1 Å². The number of hydrogen-bond donors (Lipinski definition) is 1. The average molecular weight is 203 g/mol. The van der Waals surface area contributed by atoms with E-state index in [9.17, 15) is 0 Å². The van der Waals surface area contributed by atoms with E-state index in [-0.39, 0.29) is 0 Å². The minimum absolute atomic E-state index is 0.300. The number of rotatable bonds is 0. The monoisotopic (exact) mass is 203 g/mol. The summed E-state index contributed by atoms with van der Waals surface area (Å²) in [4.78, 5) is 0. The minimum Gasteiger partial charge on any atom is -0.381 e. The Labute approximate surface area is 90.6 Å². The van der Waals surface area contributed by atoms with Crippen molar-refractivity contribution in [1.82, 2.24) is 0 Å². The van der Waals surface area contributed by atoms with Crippen molar-refractivity contribution in [3.63, 3.8) is 0 Å². The predicted octanol–water partition coefficient (Wildman–Crippen LogP) is 2.51. The molecule has 1 spiro atoms. The second-order valence-corrected chi connectivity index (χ2v) is 4.86.